The molecule has 1 aromatic rings. The van der Waals surface area contributed by atoms with Crippen molar-refractivity contribution in [3.8, 4) is 0 Å². The molecule has 2 saturated carbocycles. The van der Waals surface area contributed by atoms with Gasteiger partial charge in [0.15, 0.2) is 0 Å². The lowest BCUT2D eigenvalue weighted by Crippen LogP contribution is -2.62. The van der Waals surface area contributed by atoms with E-state index in [-0.39, 0.29) is 28.5 Å². The molecule has 2 bridgehead atoms. The fourth-order valence-electron chi connectivity index (χ4n) is 6.98. The fraction of sp³-hybridized carbons (Fsp3) is 0.565. The van der Waals surface area contributed by atoms with Crippen LogP contribution < -0.4 is 0 Å². The quantitative estimate of drug-likeness (QED) is 0.573. The molecule has 0 aliphatic heterocycles. The summed E-state index contributed by atoms with van der Waals surface area (Å²) in [5.41, 5.74) is 2.19. The van der Waals surface area contributed by atoms with Crippen LogP contribution in [-0.4, -0.2) is 22.8 Å². The number of fused-ring (bicyclic) bond motifs is 2. The zero-order valence-corrected chi connectivity index (χ0v) is 15.7. The molecule has 2 fully saturated rings. The molecule has 0 amide bonds. The van der Waals surface area contributed by atoms with E-state index in [0.717, 1.165) is 30.4 Å². The third-order valence-electron chi connectivity index (χ3n) is 8.33. The third kappa shape index (κ3) is 1.60. The van der Waals surface area contributed by atoms with Crippen LogP contribution in [-0.2, 0) is 15.0 Å². The summed E-state index contributed by atoms with van der Waals surface area (Å²) in [6, 6.07) is 8.04. The van der Waals surface area contributed by atoms with Crippen LogP contribution in [0.4, 0.5) is 0 Å². The summed E-state index contributed by atoms with van der Waals surface area (Å²) in [5.74, 6) is -0.516. The lowest BCUT2D eigenvalue weighted by atomic mass is 9.40. The summed E-state index contributed by atoms with van der Waals surface area (Å²) in [7, 11) is 0. The molecule has 5 aliphatic rings. The van der Waals surface area contributed by atoms with E-state index in [9.17, 15) is 14.7 Å². The minimum Gasteiger partial charge on any atom is -0.393 e. The first kappa shape index (κ1) is 16.4. The zero-order valence-electron chi connectivity index (χ0n) is 15.7. The van der Waals surface area contributed by atoms with E-state index < -0.39 is 11.3 Å². The van der Waals surface area contributed by atoms with E-state index in [2.05, 4.69) is 32.9 Å². The highest BCUT2D eigenvalue weighted by Crippen LogP contribution is 2.68. The second kappa shape index (κ2) is 4.75. The van der Waals surface area contributed by atoms with Crippen molar-refractivity contribution < 1.29 is 14.7 Å². The molecule has 26 heavy (non-hydrogen) atoms. The number of carbonyl (C=O) groups excluding carboxylic acids is 2. The first-order chi connectivity index (χ1) is 12.2. The normalized spacial score (nSPS) is 42.6. The Morgan fingerprint density at radius 1 is 1.04 bits per heavy atom. The lowest BCUT2D eigenvalue weighted by Gasteiger charge is -2.63. The average molecular weight is 350 g/mol. The van der Waals surface area contributed by atoms with Crippen molar-refractivity contribution in [1.29, 1.82) is 0 Å². The number of carbonyl (C=O) groups is 2. The molecule has 0 radical (unpaired) electrons. The average Bonchev–Trinajstić information content (AvgIpc) is 2.62. The Balaban J connectivity index is 1.76. The highest BCUT2D eigenvalue weighted by atomic mass is 16.3. The van der Waals surface area contributed by atoms with Gasteiger partial charge in [-0.1, -0.05) is 51.1 Å². The van der Waals surface area contributed by atoms with Crippen molar-refractivity contribution in [1.82, 2.24) is 0 Å². The van der Waals surface area contributed by atoms with Gasteiger partial charge in [0, 0.05) is 0 Å². The van der Waals surface area contributed by atoms with Crippen LogP contribution in [0.25, 0.3) is 0 Å². The molecule has 0 heterocycles. The SMILES string of the molecule is CC1(C)C(O)CC[C@]2(C)C3=C[C@@H]4C(=O)C(=O)[C@@]3(CCC12)c1ccccc14. The van der Waals surface area contributed by atoms with E-state index in [1.165, 1.54) is 5.57 Å². The van der Waals surface area contributed by atoms with Crippen molar-refractivity contribution >= 4 is 11.6 Å². The molecule has 1 aromatic carbocycles. The van der Waals surface area contributed by atoms with E-state index >= 15 is 0 Å². The molecule has 1 spiro atoms. The van der Waals surface area contributed by atoms with Gasteiger partial charge >= 0.3 is 0 Å². The van der Waals surface area contributed by atoms with Gasteiger partial charge in [0.25, 0.3) is 0 Å². The Bertz CT molecular complexity index is 879. The fourth-order valence-corrected chi connectivity index (χ4v) is 6.98. The van der Waals surface area contributed by atoms with Gasteiger partial charge in [-0.2, -0.15) is 0 Å². The summed E-state index contributed by atoms with van der Waals surface area (Å²) >= 11 is 0. The number of Topliss-reactive ketones (excluding diaryl/α,β-unsaturated/α-hetero) is 2. The standard InChI is InChI=1S/C23H26O3/c1-21(2)16-8-11-23-15-7-5-4-6-13(15)14(19(25)20(23)26)12-17(23)22(16,3)10-9-18(21)24/h4-7,12,14,16,18,24H,8-11H2,1-3H3/t14-,16?,18?,22-,23-/m0/s1. The number of allylic oxidation sites excluding steroid dienone is 2. The summed E-state index contributed by atoms with van der Waals surface area (Å²) in [5, 5.41) is 10.6. The number of aliphatic hydroxyl groups is 1. The maximum Gasteiger partial charge on any atom is 0.213 e. The van der Waals surface area contributed by atoms with Gasteiger partial charge in [-0.05, 0) is 59.1 Å². The van der Waals surface area contributed by atoms with Gasteiger partial charge in [0.1, 0.15) is 0 Å². The minimum atomic E-state index is -0.758. The summed E-state index contributed by atoms with van der Waals surface area (Å²) in [6.07, 6.45) is 5.01. The molecule has 0 saturated heterocycles. The number of benzene rings is 1. The van der Waals surface area contributed by atoms with E-state index in [1.807, 2.05) is 18.2 Å². The predicted molar refractivity (Wildman–Crippen MR) is 98.8 cm³/mol. The van der Waals surface area contributed by atoms with Crippen LogP contribution in [0.5, 0.6) is 0 Å². The van der Waals surface area contributed by atoms with Gasteiger partial charge in [0.05, 0.1) is 17.4 Å². The summed E-state index contributed by atoms with van der Waals surface area (Å²) < 4.78 is 0. The number of hydrogen-bond acceptors (Lipinski definition) is 3. The Hall–Kier alpha value is -1.74. The van der Waals surface area contributed by atoms with Gasteiger partial charge in [-0.25, -0.2) is 0 Å². The number of aliphatic hydroxyl groups excluding tert-OH is 1. The molecule has 6 rings (SSSR count). The first-order valence-electron chi connectivity index (χ1n) is 9.83. The second-order valence-corrected chi connectivity index (χ2v) is 9.63. The lowest BCUT2D eigenvalue weighted by molar-refractivity contribution is -0.146. The number of hydrogen-bond donors (Lipinski definition) is 1. The Labute approximate surface area is 154 Å². The van der Waals surface area contributed by atoms with Gasteiger partial charge in [0.2, 0.25) is 11.6 Å². The minimum absolute atomic E-state index is 0.136. The molecule has 2 unspecified atom stereocenters. The van der Waals surface area contributed by atoms with Crippen molar-refractivity contribution in [2.45, 2.75) is 63.9 Å². The molecular formula is C23H26O3. The zero-order chi connectivity index (χ0) is 18.5. The summed E-state index contributed by atoms with van der Waals surface area (Å²) in [4.78, 5) is 26.1. The first-order valence-corrected chi connectivity index (χ1v) is 9.83. The van der Waals surface area contributed by atoms with Crippen LogP contribution in [0.3, 0.4) is 0 Å². The Morgan fingerprint density at radius 2 is 1.77 bits per heavy atom. The van der Waals surface area contributed by atoms with Crippen LogP contribution >= 0.6 is 0 Å². The van der Waals surface area contributed by atoms with E-state index in [0.29, 0.717) is 12.3 Å². The Kier molecular flexibility index (Phi) is 3.00. The van der Waals surface area contributed by atoms with E-state index in [4.69, 9.17) is 0 Å². The maximum absolute atomic E-state index is 13.3. The molecule has 5 atom stereocenters. The van der Waals surface area contributed by atoms with Crippen molar-refractivity contribution in [2.75, 3.05) is 0 Å². The number of ketones is 2. The van der Waals surface area contributed by atoms with Crippen LogP contribution in [0.2, 0.25) is 0 Å². The molecule has 3 heteroatoms. The molecule has 1 N–H and O–H groups in total. The van der Waals surface area contributed by atoms with Crippen molar-refractivity contribution in [2.24, 2.45) is 16.7 Å². The molecule has 136 valence electrons. The highest BCUT2D eigenvalue weighted by Gasteiger charge is 2.66. The molecular weight excluding hydrogens is 324 g/mol. The molecule has 3 nitrogen and oxygen atoms in total. The van der Waals surface area contributed by atoms with Gasteiger partial charge in [-0.3, -0.25) is 9.59 Å². The Morgan fingerprint density at radius 3 is 2.54 bits per heavy atom. The maximum atomic E-state index is 13.3. The summed E-state index contributed by atoms with van der Waals surface area (Å²) in [6.45, 7) is 6.61. The van der Waals surface area contributed by atoms with Crippen LogP contribution in [0.1, 0.15) is 63.5 Å². The third-order valence-corrected chi connectivity index (χ3v) is 8.33. The van der Waals surface area contributed by atoms with Gasteiger partial charge in [-0.15, -0.1) is 0 Å². The van der Waals surface area contributed by atoms with Crippen molar-refractivity contribution in [3.63, 3.8) is 0 Å². The predicted octanol–water partition coefficient (Wildman–Crippen LogP) is 3.70. The van der Waals surface area contributed by atoms with Crippen LogP contribution in [0, 0.1) is 16.7 Å². The smallest absolute Gasteiger partial charge is 0.213 e. The monoisotopic (exact) mass is 350 g/mol. The highest BCUT2D eigenvalue weighted by molar-refractivity contribution is 6.46. The second-order valence-electron chi connectivity index (χ2n) is 9.63. The van der Waals surface area contributed by atoms with Crippen LogP contribution in [0.15, 0.2) is 35.9 Å². The van der Waals surface area contributed by atoms with Gasteiger partial charge < -0.3 is 5.11 Å². The van der Waals surface area contributed by atoms with E-state index in [1.54, 1.807) is 0 Å². The van der Waals surface area contributed by atoms with Crippen molar-refractivity contribution in [3.05, 3.63) is 47.0 Å². The largest absolute Gasteiger partial charge is 0.393 e. The number of rotatable bonds is 0. The topological polar surface area (TPSA) is 54.4 Å². The molecule has 5 aliphatic carbocycles. The molecule has 0 aromatic heterocycles.